The number of aromatic amines is 1. The summed E-state index contributed by atoms with van der Waals surface area (Å²) in [5, 5.41) is 3.21. The smallest absolute Gasteiger partial charge is 0.244 e. The Kier molecular flexibility index (Phi) is 2.27. The molecule has 2 heterocycles. The number of carbonyl (C=O) groups is 1. The van der Waals surface area contributed by atoms with Gasteiger partial charge >= 0.3 is 0 Å². The number of aromatic nitrogens is 1. The van der Waals surface area contributed by atoms with Gasteiger partial charge in [-0.2, -0.15) is 0 Å². The normalized spacial score (nSPS) is 11.2. The van der Waals surface area contributed by atoms with Gasteiger partial charge in [-0.25, -0.2) is 0 Å². The highest BCUT2D eigenvalue weighted by Crippen LogP contribution is 2.28. The number of nitrogens with one attached hydrogen (secondary N) is 1. The molecule has 3 heteroatoms. The van der Waals surface area contributed by atoms with Crippen LogP contribution in [-0.2, 0) is 0 Å². The van der Waals surface area contributed by atoms with E-state index in [-0.39, 0.29) is 5.78 Å². The number of furan rings is 1. The predicted octanol–water partition coefficient (Wildman–Crippen LogP) is 4.15. The van der Waals surface area contributed by atoms with Crippen LogP contribution in [0.25, 0.3) is 21.7 Å². The molecule has 0 unspecified atom stereocenters. The third-order valence-electron chi connectivity index (χ3n) is 3.49. The summed E-state index contributed by atoms with van der Waals surface area (Å²) in [6, 6.07) is 17.3. The number of rotatable bonds is 2. The number of benzene rings is 2. The van der Waals surface area contributed by atoms with E-state index in [2.05, 4.69) is 4.98 Å². The van der Waals surface area contributed by atoms with Crippen molar-refractivity contribution < 1.29 is 9.21 Å². The van der Waals surface area contributed by atoms with Crippen molar-refractivity contribution in [3.05, 3.63) is 72.2 Å². The molecule has 0 saturated heterocycles. The predicted molar refractivity (Wildman–Crippen MR) is 77.9 cm³/mol. The number of ketones is 1. The minimum atomic E-state index is -0.129. The molecular weight excluding hydrogens is 250 g/mol. The van der Waals surface area contributed by atoms with Gasteiger partial charge in [0.1, 0.15) is 5.58 Å². The molecule has 0 atom stereocenters. The third kappa shape index (κ3) is 1.57. The molecule has 4 rings (SSSR count). The summed E-state index contributed by atoms with van der Waals surface area (Å²) in [5.74, 6) is 0.231. The van der Waals surface area contributed by atoms with Crippen molar-refractivity contribution in [1.82, 2.24) is 4.98 Å². The van der Waals surface area contributed by atoms with E-state index in [0.29, 0.717) is 11.5 Å². The second kappa shape index (κ2) is 4.10. The van der Waals surface area contributed by atoms with Crippen LogP contribution in [0.15, 0.2) is 65.2 Å². The number of fused-ring (bicyclic) bond motifs is 3. The zero-order chi connectivity index (χ0) is 13.5. The fourth-order valence-electron chi connectivity index (χ4n) is 2.51. The maximum atomic E-state index is 12.3. The fourth-order valence-corrected chi connectivity index (χ4v) is 2.51. The van der Waals surface area contributed by atoms with Crippen molar-refractivity contribution in [2.75, 3.05) is 0 Å². The summed E-state index contributed by atoms with van der Waals surface area (Å²) in [5.41, 5.74) is 1.27. The molecule has 20 heavy (non-hydrogen) atoms. The van der Waals surface area contributed by atoms with Gasteiger partial charge in [-0.15, -0.1) is 0 Å². The van der Waals surface area contributed by atoms with Crippen LogP contribution in [0.1, 0.15) is 16.2 Å². The lowest BCUT2D eigenvalue weighted by molar-refractivity contribution is 0.101. The first-order valence-corrected chi connectivity index (χ1v) is 6.42. The molecule has 0 aliphatic heterocycles. The minimum absolute atomic E-state index is 0.129. The lowest BCUT2D eigenvalue weighted by atomic mass is 10.1. The summed E-state index contributed by atoms with van der Waals surface area (Å²) in [6.07, 6.45) is 1.73. The van der Waals surface area contributed by atoms with Crippen LogP contribution in [0.5, 0.6) is 0 Å². The van der Waals surface area contributed by atoms with Gasteiger partial charge in [-0.05, 0) is 35.0 Å². The average molecular weight is 261 g/mol. The molecule has 2 aromatic carbocycles. The van der Waals surface area contributed by atoms with Crippen LogP contribution in [0.2, 0.25) is 0 Å². The third-order valence-corrected chi connectivity index (χ3v) is 3.49. The maximum Gasteiger partial charge on any atom is 0.244 e. The van der Waals surface area contributed by atoms with Crippen LogP contribution in [0, 0.1) is 0 Å². The first-order valence-electron chi connectivity index (χ1n) is 6.42. The monoisotopic (exact) mass is 261 g/mol. The van der Waals surface area contributed by atoms with Crippen molar-refractivity contribution >= 4 is 27.5 Å². The maximum absolute atomic E-state index is 12.3. The molecule has 2 aromatic heterocycles. The van der Waals surface area contributed by atoms with E-state index in [1.165, 1.54) is 0 Å². The standard InChI is InChI=1S/C17H11NO2/c19-17(14-6-3-9-18-14)16-10-13-12-5-2-1-4-11(12)7-8-15(13)20-16/h1-10,18H. The molecule has 96 valence electrons. The fraction of sp³-hybridized carbons (Fsp3) is 0. The van der Waals surface area contributed by atoms with Gasteiger partial charge in [0.25, 0.3) is 0 Å². The zero-order valence-electron chi connectivity index (χ0n) is 10.6. The first kappa shape index (κ1) is 11.1. The van der Waals surface area contributed by atoms with Gasteiger partial charge in [-0.3, -0.25) is 4.79 Å². The van der Waals surface area contributed by atoms with E-state index in [4.69, 9.17) is 4.42 Å². The molecule has 0 saturated carbocycles. The Bertz CT molecular complexity index is 917. The Morgan fingerprint density at radius 3 is 2.70 bits per heavy atom. The summed E-state index contributed by atoms with van der Waals surface area (Å²) in [4.78, 5) is 15.2. The van der Waals surface area contributed by atoms with Crippen LogP contribution in [-0.4, -0.2) is 10.8 Å². The van der Waals surface area contributed by atoms with Gasteiger partial charge < -0.3 is 9.40 Å². The molecule has 4 aromatic rings. The highest BCUT2D eigenvalue weighted by molar-refractivity contribution is 6.12. The Morgan fingerprint density at radius 2 is 1.85 bits per heavy atom. The van der Waals surface area contributed by atoms with Gasteiger partial charge in [0.15, 0.2) is 5.76 Å². The van der Waals surface area contributed by atoms with Crippen molar-refractivity contribution in [2.24, 2.45) is 0 Å². The van der Waals surface area contributed by atoms with E-state index in [9.17, 15) is 4.79 Å². The molecule has 1 N–H and O–H groups in total. The molecule has 0 radical (unpaired) electrons. The lowest BCUT2D eigenvalue weighted by Crippen LogP contribution is -1.98. The second-order valence-corrected chi connectivity index (χ2v) is 4.72. The number of carbonyl (C=O) groups excluding carboxylic acids is 1. The first-order chi connectivity index (χ1) is 9.83. The number of hydrogen-bond donors (Lipinski definition) is 1. The minimum Gasteiger partial charge on any atom is -0.452 e. The Morgan fingerprint density at radius 1 is 0.950 bits per heavy atom. The van der Waals surface area contributed by atoms with Crippen LogP contribution < -0.4 is 0 Å². The van der Waals surface area contributed by atoms with Crippen molar-refractivity contribution in [1.29, 1.82) is 0 Å². The van der Waals surface area contributed by atoms with Gasteiger partial charge in [0, 0.05) is 11.6 Å². The molecule has 0 spiro atoms. The highest BCUT2D eigenvalue weighted by Gasteiger charge is 2.16. The molecule has 0 bridgehead atoms. The van der Waals surface area contributed by atoms with Gasteiger partial charge in [0.05, 0.1) is 5.69 Å². The van der Waals surface area contributed by atoms with Crippen molar-refractivity contribution in [2.45, 2.75) is 0 Å². The molecule has 0 aliphatic rings. The molecule has 0 aliphatic carbocycles. The van der Waals surface area contributed by atoms with Gasteiger partial charge in [-0.1, -0.05) is 30.3 Å². The summed E-state index contributed by atoms with van der Waals surface area (Å²) in [7, 11) is 0. The number of H-pyrrole nitrogens is 1. The van der Waals surface area contributed by atoms with Crippen LogP contribution in [0.4, 0.5) is 0 Å². The van der Waals surface area contributed by atoms with E-state index < -0.39 is 0 Å². The highest BCUT2D eigenvalue weighted by atomic mass is 16.3. The summed E-state index contributed by atoms with van der Waals surface area (Å²) < 4.78 is 5.69. The Hall–Kier alpha value is -2.81. The SMILES string of the molecule is O=C(c1ccc[nH]1)c1cc2c(ccc3ccccc32)o1. The van der Waals surface area contributed by atoms with Crippen LogP contribution in [0.3, 0.4) is 0 Å². The van der Waals surface area contributed by atoms with Crippen LogP contribution >= 0.6 is 0 Å². The van der Waals surface area contributed by atoms with Crippen molar-refractivity contribution in [3.63, 3.8) is 0 Å². The summed E-state index contributed by atoms with van der Waals surface area (Å²) >= 11 is 0. The molecule has 0 fully saturated rings. The average Bonchev–Trinajstić information content (AvgIpc) is 3.15. The van der Waals surface area contributed by atoms with Gasteiger partial charge in [0.2, 0.25) is 5.78 Å². The Balaban J connectivity index is 1.95. The molecular formula is C17H11NO2. The Labute approximate surface area is 114 Å². The summed E-state index contributed by atoms with van der Waals surface area (Å²) in [6.45, 7) is 0. The van der Waals surface area contributed by atoms with Crippen molar-refractivity contribution in [3.8, 4) is 0 Å². The second-order valence-electron chi connectivity index (χ2n) is 4.72. The topological polar surface area (TPSA) is 46.0 Å². The largest absolute Gasteiger partial charge is 0.452 e. The van der Waals surface area contributed by atoms with E-state index in [0.717, 1.165) is 21.7 Å². The van der Waals surface area contributed by atoms with E-state index >= 15 is 0 Å². The van der Waals surface area contributed by atoms with E-state index in [1.54, 1.807) is 18.3 Å². The zero-order valence-corrected chi connectivity index (χ0v) is 10.6. The molecule has 0 amide bonds. The lowest BCUT2D eigenvalue weighted by Gasteiger charge is -1.96. The number of hydrogen-bond acceptors (Lipinski definition) is 2. The molecule has 3 nitrogen and oxygen atoms in total. The van der Waals surface area contributed by atoms with E-state index in [1.807, 2.05) is 42.5 Å². The quantitative estimate of drug-likeness (QED) is 0.551.